The molecule has 0 saturated carbocycles. The molecule has 0 spiro atoms. The Balaban J connectivity index is 3.05. The van der Waals surface area contributed by atoms with Gasteiger partial charge in [0.05, 0.1) is 12.2 Å². The average Bonchev–Trinajstić information content (AvgIpc) is 2.19. The summed E-state index contributed by atoms with van der Waals surface area (Å²) in [6, 6.07) is 4.05. The van der Waals surface area contributed by atoms with Gasteiger partial charge >= 0.3 is 0 Å². The van der Waals surface area contributed by atoms with Crippen molar-refractivity contribution in [3.05, 3.63) is 41.7 Å². The standard InChI is InChI=1S/C11H11FO2/c1-3-14-8(2)10-6-9(7-13)4-5-11(10)12/h4-7H,2-3H2,1H3. The van der Waals surface area contributed by atoms with Crippen LogP contribution in [-0.2, 0) is 4.74 Å². The molecule has 0 atom stereocenters. The Bertz CT molecular complexity index is 358. The fraction of sp³-hybridized carbons (Fsp3) is 0.182. The summed E-state index contributed by atoms with van der Waals surface area (Å²) in [5.74, 6) is -0.192. The van der Waals surface area contributed by atoms with E-state index in [0.717, 1.165) is 0 Å². The van der Waals surface area contributed by atoms with Gasteiger partial charge in [0.25, 0.3) is 0 Å². The van der Waals surface area contributed by atoms with Gasteiger partial charge in [-0.1, -0.05) is 6.58 Å². The topological polar surface area (TPSA) is 26.3 Å². The van der Waals surface area contributed by atoms with Gasteiger partial charge in [0.15, 0.2) is 0 Å². The van der Waals surface area contributed by atoms with Crippen molar-refractivity contribution < 1.29 is 13.9 Å². The molecule has 1 rings (SSSR count). The highest BCUT2D eigenvalue weighted by molar-refractivity contribution is 5.77. The third-order valence-corrected chi connectivity index (χ3v) is 1.75. The lowest BCUT2D eigenvalue weighted by Crippen LogP contribution is -1.95. The number of ether oxygens (including phenoxy) is 1. The van der Waals surface area contributed by atoms with Gasteiger partial charge in [0.1, 0.15) is 17.9 Å². The summed E-state index contributed by atoms with van der Waals surface area (Å²) in [6.45, 7) is 5.78. The third kappa shape index (κ3) is 2.19. The second-order valence-corrected chi connectivity index (χ2v) is 2.71. The lowest BCUT2D eigenvalue weighted by molar-refractivity contribution is 0.112. The van der Waals surface area contributed by atoms with Gasteiger partial charge in [0.2, 0.25) is 0 Å². The van der Waals surface area contributed by atoms with Crippen LogP contribution in [0.1, 0.15) is 22.8 Å². The van der Waals surface area contributed by atoms with E-state index in [4.69, 9.17) is 4.74 Å². The van der Waals surface area contributed by atoms with Crippen LogP contribution in [-0.4, -0.2) is 12.9 Å². The highest BCUT2D eigenvalue weighted by atomic mass is 19.1. The van der Waals surface area contributed by atoms with Crippen molar-refractivity contribution in [2.75, 3.05) is 6.61 Å². The molecule has 0 saturated heterocycles. The molecule has 0 aliphatic carbocycles. The molecular formula is C11H11FO2. The maximum atomic E-state index is 13.2. The number of aldehydes is 1. The fourth-order valence-electron chi connectivity index (χ4n) is 1.08. The van der Waals surface area contributed by atoms with E-state index in [9.17, 15) is 9.18 Å². The highest BCUT2D eigenvalue weighted by Gasteiger charge is 2.07. The van der Waals surface area contributed by atoms with Gasteiger partial charge in [-0.05, 0) is 25.1 Å². The van der Waals surface area contributed by atoms with E-state index in [0.29, 0.717) is 18.5 Å². The van der Waals surface area contributed by atoms with Crippen molar-refractivity contribution in [1.82, 2.24) is 0 Å². The molecule has 0 bridgehead atoms. The molecular weight excluding hydrogens is 183 g/mol. The van der Waals surface area contributed by atoms with Crippen LogP contribution in [0.2, 0.25) is 0 Å². The van der Waals surface area contributed by atoms with Gasteiger partial charge in [-0.3, -0.25) is 4.79 Å². The van der Waals surface area contributed by atoms with Crippen molar-refractivity contribution in [3.8, 4) is 0 Å². The molecule has 3 heteroatoms. The lowest BCUT2D eigenvalue weighted by Gasteiger charge is -2.08. The van der Waals surface area contributed by atoms with Crippen LogP contribution in [0.25, 0.3) is 5.76 Å². The number of hydrogen-bond donors (Lipinski definition) is 0. The van der Waals surface area contributed by atoms with Gasteiger partial charge in [-0.2, -0.15) is 0 Å². The van der Waals surface area contributed by atoms with Crippen LogP contribution in [0.5, 0.6) is 0 Å². The SMILES string of the molecule is C=C(OCC)c1cc(C=O)ccc1F. The zero-order valence-corrected chi connectivity index (χ0v) is 7.92. The van der Waals surface area contributed by atoms with Crippen LogP contribution >= 0.6 is 0 Å². The van der Waals surface area contributed by atoms with Crippen LogP contribution in [0.15, 0.2) is 24.8 Å². The summed E-state index contributed by atoms with van der Waals surface area (Å²) in [7, 11) is 0. The van der Waals surface area contributed by atoms with E-state index in [-0.39, 0.29) is 11.3 Å². The van der Waals surface area contributed by atoms with Crippen molar-refractivity contribution in [2.45, 2.75) is 6.92 Å². The van der Waals surface area contributed by atoms with E-state index in [1.165, 1.54) is 18.2 Å². The smallest absolute Gasteiger partial charge is 0.150 e. The summed E-state index contributed by atoms with van der Waals surface area (Å²) in [4.78, 5) is 10.5. The summed E-state index contributed by atoms with van der Waals surface area (Å²) in [5, 5.41) is 0. The molecule has 0 amide bonds. The number of rotatable bonds is 4. The van der Waals surface area contributed by atoms with Crippen molar-refractivity contribution in [3.63, 3.8) is 0 Å². The summed E-state index contributed by atoms with van der Waals surface area (Å²) < 4.78 is 18.3. The molecule has 0 heterocycles. The molecule has 1 aromatic rings. The first kappa shape index (κ1) is 10.4. The predicted octanol–water partition coefficient (Wildman–Crippen LogP) is 2.65. The predicted molar refractivity (Wildman–Crippen MR) is 52.4 cm³/mol. The molecule has 1 aromatic carbocycles. The van der Waals surface area contributed by atoms with Crippen LogP contribution < -0.4 is 0 Å². The summed E-state index contributed by atoms with van der Waals surface area (Å²) in [5.41, 5.74) is 0.638. The molecule has 0 aliphatic heterocycles. The minimum atomic E-state index is -0.436. The van der Waals surface area contributed by atoms with Gasteiger partial charge in [0, 0.05) is 5.56 Å². The molecule has 0 aromatic heterocycles. The Morgan fingerprint density at radius 1 is 1.64 bits per heavy atom. The maximum Gasteiger partial charge on any atom is 0.150 e. The van der Waals surface area contributed by atoms with E-state index in [1.807, 2.05) is 0 Å². The number of benzene rings is 1. The number of carbonyl (C=O) groups is 1. The minimum absolute atomic E-state index is 0.233. The van der Waals surface area contributed by atoms with E-state index in [2.05, 4.69) is 6.58 Å². The van der Waals surface area contributed by atoms with Gasteiger partial charge < -0.3 is 4.74 Å². The quantitative estimate of drug-likeness (QED) is 0.544. The number of carbonyl (C=O) groups excluding carboxylic acids is 1. The Labute approximate surface area is 82.0 Å². The second-order valence-electron chi connectivity index (χ2n) is 2.71. The van der Waals surface area contributed by atoms with Crippen LogP contribution in [0.3, 0.4) is 0 Å². The van der Waals surface area contributed by atoms with E-state index >= 15 is 0 Å². The lowest BCUT2D eigenvalue weighted by atomic mass is 10.1. The van der Waals surface area contributed by atoms with Gasteiger partial charge in [-0.15, -0.1) is 0 Å². The van der Waals surface area contributed by atoms with Crippen molar-refractivity contribution in [2.24, 2.45) is 0 Å². The van der Waals surface area contributed by atoms with Gasteiger partial charge in [-0.25, -0.2) is 4.39 Å². The monoisotopic (exact) mass is 194 g/mol. The molecule has 14 heavy (non-hydrogen) atoms. The molecule has 2 nitrogen and oxygen atoms in total. The normalized spacial score (nSPS) is 9.57. The van der Waals surface area contributed by atoms with Crippen LogP contribution in [0.4, 0.5) is 4.39 Å². The zero-order chi connectivity index (χ0) is 10.6. The van der Waals surface area contributed by atoms with Crippen molar-refractivity contribution >= 4 is 12.0 Å². The number of halogens is 1. The first-order valence-corrected chi connectivity index (χ1v) is 4.25. The van der Waals surface area contributed by atoms with E-state index < -0.39 is 5.82 Å². The van der Waals surface area contributed by atoms with E-state index in [1.54, 1.807) is 6.92 Å². The fourth-order valence-corrected chi connectivity index (χ4v) is 1.08. The Hall–Kier alpha value is -1.64. The Kier molecular flexibility index (Phi) is 3.40. The third-order valence-electron chi connectivity index (χ3n) is 1.75. The largest absolute Gasteiger partial charge is 0.494 e. The van der Waals surface area contributed by atoms with Crippen molar-refractivity contribution in [1.29, 1.82) is 0 Å². The second kappa shape index (κ2) is 4.56. The Morgan fingerprint density at radius 3 is 2.93 bits per heavy atom. The maximum absolute atomic E-state index is 13.2. The average molecular weight is 194 g/mol. The first-order chi connectivity index (χ1) is 6.69. The molecule has 0 radical (unpaired) electrons. The molecule has 0 aliphatic rings. The summed E-state index contributed by atoms with van der Waals surface area (Å²) >= 11 is 0. The Morgan fingerprint density at radius 2 is 2.36 bits per heavy atom. The van der Waals surface area contributed by atoms with Crippen LogP contribution in [0, 0.1) is 5.82 Å². The highest BCUT2D eigenvalue weighted by Crippen LogP contribution is 2.18. The molecule has 0 unspecified atom stereocenters. The minimum Gasteiger partial charge on any atom is -0.494 e. The number of hydrogen-bond acceptors (Lipinski definition) is 2. The molecule has 74 valence electrons. The first-order valence-electron chi connectivity index (χ1n) is 4.25. The zero-order valence-electron chi connectivity index (χ0n) is 7.92. The molecule has 0 N–H and O–H groups in total. The molecule has 0 fully saturated rings. The summed E-state index contributed by atoms with van der Waals surface area (Å²) in [6.07, 6.45) is 0.655.